The van der Waals surface area contributed by atoms with Crippen molar-refractivity contribution in [3.63, 3.8) is 0 Å². The number of nitrogens with zero attached hydrogens (tertiary/aromatic N) is 3. The first-order valence-electron chi connectivity index (χ1n) is 10.1. The van der Waals surface area contributed by atoms with Gasteiger partial charge in [0.2, 0.25) is 5.91 Å². The third kappa shape index (κ3) is 5.18. The number of nitrogens with one attached hydrogen (secondary N) is 1. The maximum atomic E-state index is 12.7. The van der Waals surface area contributed by atoms with Crippen LogP contribution in [0.25, 0.3) is 5.69 Å². The Balaban J connectivity index is 1.53. The highest BCUT2D eigenvalue weighted by Crippen LogP contribution is 2.33. The molecule has 0 aliphatic carbocycles. The van der Waals surface area contributed by atoms with Crippen molar-refractivity contribution in [2.24, 2.45) is 0 Å². The molecule has 0 fully saturated rings. The van der Waals surface area contributed by atoms with E-state index in [9.17, 15) is 9.59 Å². The number of hydrogen-bond donors (Lipinski definition) is 1. The molecule has 0 aliphatic heterocycles. The third-order valence-electron chi connectivity index (χ3n) is 4.99. The number of amides is 1. The maximum Gasteiger partial charge on any atom is 0.341 e. The molecule has 170 valence electrons. The van der Waals surface area contributed by atoms with Crippen LogP contribution in [-0.4, -0.2) is 39.5 Å². The van der Waals surface area contributed by atoms with Crippen molar-refractivity contribution in [1.29, 1.82) is 0 Å². The van der Waals surface area contributed by atoms with Gasteiger partial charge in [0.25, 0.3) is 0 Å². The smallest absolute Gasteiger partial charge is 0.341 e. The molecule has 4 aromatic rings. The number of para-hydroxylation sites is 1. The van der Waals surface area contributed by atoms with Crippen LogP contribution in [0.4, 0.5) is 5.00 Å². The van der Waals surface area contributed by atoms with E-state index >= 15 is 0 Å². The number of anilines is 1. The van der Waals surface area contributed by atoms with E-state index in [-0.39, 0.29) is 11.7 Å². The summed E-state index contributed by atoms with van der Waals surface area (Å²) in [5.41, 5.74) is 2.16. The van der Waals surface area contributed by atoms with E-state index in [2.05, 4.69) is 21.6 Å². The first-order valence-corrected chi connectivity index (χ1v) is 12.8. The first kappa shape index (κ1) is 23.2. The number of aryl methyl sites for hydroxylation is 1. The quantitative estimate of drug-likeness (QED) is 0.268. The van der Waals surface area contributed by atoms with Crippen LogP contribution >= 0.6 is 34.4 Å². The number of esters is 1. The van der Waals surface area contributed by atoms with Crippen molar-refractivity contribution in [3.8, 4) is 5.69 Å². The Hall–Kier alpha value is -2.95. The van der Waals surface area contributed by atoms with Gasteiger partial charge in [-0.2, -0.15) is 0 Å². The summed E-state index contributed by atoms with van der Waals surface area (Å²) >= 11 is 4.34. The normalized spacial score (nSPS) is 10.9. The minimum absolute atomic E-state index is 0.126. The van der Waals surface area contributed by atoms with Crippen molar-refractivity contribution in [2.75, 3.05) is 18.2 Å². The number of benzene rings is 1. The molecule has 1 N–H and O–H groups in total. The largest absolute Gasteiger partial charge is 0.465 e. The minimum atomic E-state index is -0.457. The van der Waals surface area contributed by atoms with Gasteiger partial charge in [0.15, 0.2) is 5.16 Å². The van der Waals surface area contributed by atoms with Crippen LogP contribution in [0.1, 0.15) is 31.5 Å². The average Bonchev–Trinajstić information content (AvgIpc) is 3.53. The van der Waals surface area contributed by atoms with E-state index in [1.165, 1.54) is 35.1 Å². The van der Waals surface area contributed by atoms with Gasteiger partial charge in [-0.15, -0.1) is 32.9 Å². The molecule has 0 saturated heterocycles. The van der Waals surface area contributed by atoms with Crippen LogP contribution in [-0.2, 0) is 16.0 Å². The predicted octanol–water partition coefficient (Wildman–Crippen LogP) is 5.12. The Morgan fingerprint density at radius 2 is 1.91 bits per heavy atom. The summed E-state index contributed by atoms with van der Waals surface area (Å²) < 4.78 is 6.87. The highest BCUT2D eigenvalue weighted by atomic mass is 32.2. The van der Waals surface area contributed by atoms with Gasteiger partial charge in [0.05, 0.1) is 18.4 Å². The van der Waals surface area contributed by atoms with Gasteiger partial charge in [-0.3, -0.25) is 9.36 Å². The molecule has 10 heteroatoms. The van der Waals surface area contributed by atoms with Gasteiger partial charge in [0, 0.05) is 21.9 Å². The number of carbonyl (C=O) groups excluding carboxylic acids is 2. The summed E-state index contributed by atoms with van der Waals surface area (Å²) in [6.45, 7) is 3.76. The van der Waals surface area contributed by atoms with E-state index in [4.69, 9.17) is 4.74 Å². The van der Waals surface area contributed by atoms with Crippen LogP contribution in [0.5, 0.6) is 0 Å². The highest BCUT2D eigenvalue weighted by molar-refractivity contribution is 7.99. The number of methoxy groups -OCH3 is 1. The number of thiophene rings is 2. The van der Waals surface area contributed by atoms with Crippen LogP contribution in [0.15, 0.2) is 53.0 Å². The molecule has 1 aromatic carbocycles. The van der Waals surface area contributed by atoms with Crippen molar-refractivity contribution in [1.82, 2.24) is 14.8 Å². The lowest BCUT2D eigenvalue weighted by Gasteiger charge is -2.10. The number of hydrogen-bond acceptors (Lipinski definition) is 8. The van der Waals surface area contributed by atoms with Gasteiger partial charge >= 0.3 is 5.97 Å². The molecule has 3 aromatic heterocycles. The van der Waals surface area contributed by atoms with Crippen molar-refractivity contribution in [2.45, 2.75) is 25.4 Å². The Labute approximate surface area is 203 Å². The number of thioether (sulfide) groups is 1. The zero-order chi connectivity index (χ0) is 23.4. The molecule has 0 radical (unpaired) electrons. The lowest BCUT2D eigenvalue weighted by molar-refractivity contribution is -0.113. The topological polar surface area (TPSA) is 86.1 Å². The van der Waals surface area contributed by atoms with E-state index in [0.717, 1.165) is 22.0 Å². The molecule has 33 heavy (non-hydrogen) atoms. The molecule has 0 bridgehead atoms. The zero-order valence-corrected chi connectivity index (χ0v) is 20.8. The van der Waals surface area contributed by atoms with E-state index in [1.54, 1.807) is 11.3 Å². The Kier molecular flexibility index (Phi) is 7.26. The summed E-state index contributed by atoms with van der Waals surface area (Å²) in [6, 6.07) is 13.9. The second kappa shape index (κ2) is 10.3. The fourth-order valence-electron chi connectivity index (χ4n) is 3.27. The number of carbonyl (C=O) groups is 2. The second-order valence-electron chi connectivity index (χ2n) is 7.14. The van der Waals surface area contributed by atoms with Gasteiger partial charge in [0.1, 0.15) is 10.8 Å². The third-order valence-corrected chi connectivity index (χ3v) is 7.92. The molecule has 3 heterocycles. The summed E-state index contributed by atoms with van der Waals surface area (Å²) in [7, 11) is 1.33. The molecule has 0 unspecified atom stereocenters. The Morgan fingerprint density at radius 1 is 1.12 bits per heavy atom. The Morgan fingerprint density at radius 3 is 2.61 bits per heavy atom. The summed E-state index contributed by atoms with van der Waals surface area (Å²) in [4.78, 5) is 27.1. The summed E-state index contributed by atoms with van der Waals surface area (Å²) in [5.74, 6) is 0.250. The lowest BCUT2D eigenvalue weighted by Crippen LogP contribution is -2.16. The number of aromatic nitrogens is 3. The van der Waals surface area contributed by atoms with E-state index in [1.807, 2.05) is 60.2 Å². The Bertz CT molecular complexity index is 1260. The number of ether oxygens (including phenoxy) is 1. The molecular formula is C23H22N4O3S3. The van der Waals surface area contributed by atoms with Crippen LogP contribution in [0.3, 0.4) is 0 Å². The molecule has 1 amide bonds. The van der Waals surface area contributed by atoms with Crippen molar-refractivity contribution < 1.29 is 14.3 Å². The second-order valence-corrected chi connectivity index (χ2v) is 10.3. The fraction of sp³-hybridized carbons (Fsp3) is 0.217. The van der Waals surface area contributed by atoms with Crippen LogP contribution in [0, 0.1) is 13.8 Å². The lowest BCUT2D eigenvalue weighted by atomic mass is 10.1. The first-order chi connectivity index (χ1) is 16.0. The molecule has 0 spiro atoms. The van der Waals surface area contributed by atoms with Crippen molar-refractivity contribution in [3.05, 3.63) is 74.6 Å². The van der Waals surface area contributed by atoms with Gasteiger partial charge in [-0.25, -0.2) is 4.79 Å². The molecule has 4 rings (SSSR count). The molecule has 0 aliphatic rings. The van der Waals surface area contributed by atoms with Gasteiger partial charge in [-0.1, -0.05) is 36.0 Å². The van der Waals surface area contributed by atoms with Crippen molar-refractivity contribution >= 4 is 51.3 Å². The van der Waals surface area contributed by atoms with E-state index in [0.29, 0.717) is 22.1 Å². The van der Waals surface area contributed by atoms with Gasteiger partial charge < -0.3 is 10.1 Å². The molecule has 0 atom stereocenters. The molecular weight excluding hydrogens is 476 g/mol. The average molecular weight is 499 g/mol. The van der Waals surface area contributed by atoms with Crippen LogP contribution < -0.4 is 5.32 Å². The van der Waals surface area contributed by atoms with E-state index < -0.39 is 5.97 Å². The van der Waals surface area contributed by atoms with Crippen LogP contribution in [0.2, 0.25) is 0 Å². The fourth-order valence-corrected chi connectivity index (χ4v) is 5.81. The summed E-state index contributed by atoms with van der Waals surface area (Å²) in [6.07, 6.45) is 0.655. The van der Waals surface area contributed by atoms with Gasteiger partial charge in [-0.05, 0) is 43.0 Å². The molecule has 0 saturated carbocycles. The highest BCUT2D eigenvalue weighted by Gasteiger charge is 2.22. The zero-order valence-electron chi connectivity index (χ0n) is 18.3. The monoisotopic (exact) mass is 498 g/mol. The minimum Gasteiger partial charge on any atom is -0.465 e. The molecule has 7 nitrogen and oxygen atoms in total. The standard InChI is InChI=1S/C23H22N4O3S3/c1-14-15(2)33-21(20(14)22(29)30-3)24-19(28)13-32-23-26-25-18(12-17-10-7-11-31-17)27(23)16-8-5-4-6-9-16/h4-11H,12-13H2,1-3H3,(H,24,28). The number of rotatable bonds is 8. The maximum absolute atomic E-state index is 12.7. The summed E-state index contributed by atoms with van der Waals surface area (Å²) in [5, 5.41) is 14.8. The predicted molar refractivity (Wildman–Crippen MR) is 133 cm³/mol. The SMILES string of the molecule is COC(=O)c1c(NC(=O)CSc2nnc(Cc3cccs3)n2-c2ccccc2)sc(C)c1C.